The van der Waals surface area contributed by atoms with Crippen molar-refractivity contribution in [3.63, 3.8) is 0 Å². The first-order valence-corrected chi connectivity index (χ1v) is 10.1. The summed E-state index contributed by atoms with van der Waals surface area (Å²) in [5, 5.41) is 11.1. The van der Waals surface area contributed by atoms with Crippen molar-refractivity contribution >= 4 is 17.7 Å². The topological polar surface area (TPSA) is 54.2 Å². The van der Waals surface area contributed by atoms with E-state index in [4.69, 9.17) is 0 Å². The van der Waals surface area contributed by atoms with Crippen molar-refractivity contribution in [1.82, 2.24) is 20.4 Å². The number of aromatic nitrogens is 2. The molecule has 0 atom stereocenters. The highest BCUT2D eigenvalue weighted by atomic mass is 32.2. The molecule has 3 rings (SSSR count). The number of guanidine groups is 1. The third kappa shape index (κ3) is 4.92. The summed E-state index contributed by atoms with van der Waals surface area (Å²) in [6, 6.07) is 16.7. The largest absolute Gasteiger partial charge is 0.352 e. The molecule has 0 unspecified atom stereocenters. The molecule has 0 aliphatic carbocycles. The third-order valence-corrected chi connectivity index (χ3v) is 5.12. The van der Waals surface area contributed by atoms with Crippen LogP contribution in [-0.2, 0) is 13.1 Å². The fraction of sp³-hybridized carbons (Fsp3) is 0.238. The predicted molar refractivity (Wildman–Crippen MR) is 114 cm³/mol. The second kappa shape index (κ2) is 9.28. The van der Waals surface area contributed by atoms with Crippen LogP contribution < -0.4 is 10.6 Å². The highest BCUT2D eigenvalue weighted by molar-refractivity contribution is 7.98. The standard InChI is InChI=1S/C21H25N5S/c1-16-9-10-18(20(13-16)27-3)15-24-21(22-2)23-14-17-7-4-5-8-19(17)26-12-6-11-25-26/h4-13H,14-15H2,1-3H3,(H2,22,23,24). The molecule has 1 aromatic heterocycles. The monoisotopic (exact) mass is 379 g/mol. The number of rotatable bonds is 6. The summed E-state index contributed by atoms with van der Waals surface area (Å²) in [6.07, 6.45) is 5.85. The van der Waals surface area contributed by atoms with Crippen LogP contribution in [-0.4, -0.2) is 29.0 Å². The van der Waals surface area contributed by atoms with E-state index in [1.54, 1.807) is 25.0 Å². The van der Waals surface area contributed by atoms with E-state index < -0.39 is 0 Å². The van der Waals surface area contributed by atoms with Gasteiger partial charge in [-0.25, -0.2) is 4.68 Å². The van der Waals surface area contributed by atoms with Crippen LogP contribution in [0.15, 0.2) is 70.8 Å². The highest BCUT2D eigenvalue weighted by Gasteiger charge is 2.07. The number of nitrogens with zero attached hydrogens (tertiary/aromatic N) is 3. The quantitative estimate of drug-likeness (QED) is 0.389. The van der Waals surface area contributed by atoms with Gasteiger partial charge in [-0.1, -0.05) is 30.3 Å². The van der Waals surface area contributed by atoms with Crippen LogP contribution in [0.3, 0.4) is 0 Å². The van der Waals surface area contributed by atoms with E-state index in [1.807, 2.05) is 29.1 Å². The Labute approximate surface area is 164 Å². The van der Waals surface area contributed by atoms with Gasteiger partial charge in [0.05, 0.1) is 5.69 Å². The third-order valence-electron chi connectivity index (χ3n) is 4.30. The van der Waals surface area contributed by atoms with Crippen molar-refractivity contribution in [2.45, 2.75) is 24.9 Å². The molecule has 0 bridgehead atoms. The fourth-order valence-electron chi connectivity index (χ4n) is 2.87. The molecule has 0 radical (unpaired) electrons. The molecule has 27 heavy (non-hydrogen) atoms. The maximum Gasteiger partial charge on any atom is 0.191 e. The lowest BCUT2D eigenvalue weighted by Gasteiger charge is -2.15. The molecule has 0 aliphatic heterocycles. The van der Waals surface area contributed by atoms with Crippen molar-refractivity contribution in [2.24, 2.45) is 4.99 Å². The van der Waals surface area contributed by atoms with Gasteiger partial charge in [-0.3, -0.25) is 4.99 Å². The minimum absolute atomic E-state index is 0.666. The Morgan fingerprint density at radius 2 is 1.85 bits per heavy atom. The van der Waals surface area contributed by atoms with Gasteiger partial charge < -0.3 is 10.6 Å². The lowest BCUT2D eigenvalue weighted by atomic mass is 10.1. The molecular formula is C21H25N5S. The van der Waals surface area contributed by atoms with E-state index in [1.165, 1.54) is 16.0 Å². The minimum atomic E-state index is 0.666. The maximum atomic E-state index is 4.35. The molecule has 0 saturated carbocycles. The van der Waals surface area contributed by atoms with E-state index in [9.17, 15) is 0 Å². The Morgan fingerprint density at radius 1 is 1.07 bits per heavy atom. The van der Waals surface area contributed by atoms with Crippen molar-refractivity contribution in [3.8, 4) is 5.69 Å². The lowest BCUT2D eigenvalue weighted by Crippen LogP contribution is -2.36. The Hall–Kier alpha value is -2.73. The number of aryl methyl sites for hydroxylation is 1. The van der Waals surface area contributed by atoms with Gasteiger partial charge >= 0.3 is 0 Å². The number of aliphatic imine (C=N–C) groups is 1. The molecule has 1 heterocycles. The normalized spacial score (nSPS) is 11.4. The smallest absolute Gasteiger partial charge is 0.191 e. The highest BCUT2D eigenvalue weighted by Crippen LogP contribution is 2.21. The molecule has 0 spiro atoms. The first-order valence-electron chi connectivity index (χ1n) is 8.87. The molecule has 0 aliphatic rings. The van der Waals surface area contributed by atoms with E-state index in [0.717, 1.165) is 23.8 Å². The van der Waals surface area contributed by atoms with Gasteiger partial charge in [0.25, 0.3) is 0 Å². The second-order valence-electron chi connectivity index (χ2n) is 6.17. The van der Waals surface area contributed by atoms with Crippen LogP contribution in [0, 0.1) is 6.92 Å². The Bertz CT molecular complexity index is 903. The number of benzene rings is 2. The van der Waals surface area contributed by atoms with Crippen molar-refractivity contribution < 1.29 is 0 Å². The number of para-hydroxylation sites is 1. The van der Waals surface area contributed by atoms with Crippen LogP contribution in [0.25, 0.3) is 5.69 Å². The second-order valence-corrected chi connectivity index (χ2v) is 7.02. The zero-order valence-corrected chi connectivity index (χ0v) is 16.8. The number of thioether (sulfide) groups is 1. The molecule has 6 heteroatoms. The number of hydrogen-bond acceptors (Lipinski definition) is 3. The molecule has 2 N–H and O–H groups in total. The van der Waals surface area contributed by atoms with Gasteiger partial charge in [-0.15, -0.1) is 11.8 Å². The first kappa shape index (κ1) is 19.0. The SMILES string of the molecule is CN=C(NCc1ccc(C)cc1SC)NCc1ccccc1-n1cccn1. The molecule has 0 amide bonds. The number of nitrogens with one attached hydrogen (secondary N) is 2. The Morgan fingerprint density at radius 3 is 2.56 bits per heavy atom. The molecule has 2 aromatic carbocycles. The summed E-state index contributed by atoms with van der Waals surface area (Å²) in [7, 11) is 1.79. The van der Waals surface area contributed by atoms with Gasteiger partial charge in [0.2, 0.25) is 0 Å². The lowest BCUT2D eigenvalue weighted by molar-refractivity contribution is 0.787. The summed E-state index contributed by atoms with van der Waals surface area (Å²) in [5.41, 5.74) is 4.77. The van der Waals surface area contributed by atoms with Gasteiger partial charge in [0, 0.05) is 37.4 Å². The van der Waals surface area contributed by atoms with Gasteiger partial charge in [0.15, 0.2) is 5.96 Å². The van der Waals surface area contributed by atoms with E-state index in [0.29, 0.717) is 6.54 Å². The molecule has 3 aromatic rings. The van der Waals surface area contributed by atoms with E-state index >= 15 is 0 Å². The summed E-state index contributed by atoms with van der Waals surface area (Å²) < 4.78 is 1.88. The summed E-state index contributed by atoms with van der Waals surface area (Å²) in [5.74, 6) is 0.776. The van der Waals surface area contributed by atoms with Crippen LogP contribution in [0.5, 0.6) is 0 Å². The van der Waals surface area contributed by atoms with Gasteiger partial charge in [-0.05, 0) is 48.1 Å². The van der Waals surface area contributed by atoms with Crippen molar-refractivity contribution in [1.29, 1.82) is 0 Å². The van der Waals surface area contributed by atoms with Crippen LogP contribution in [0.4, 0.5) is 0 Å². The van der Waals surface area contributed by atoms with Crippen molar-refractivity contribution in [2.75, 3.05) is 13.3 Å². The van der Waals surface area contributed by atoms with Crippen LogP contribution in [0.1, 0.15) is 16.7 Å². The molecule has 140 valence electrons. The average Bonchev–Trinajstić information content (AvgIpc) is 3.23. The first-order chi connectivity index (χ1) is 13.2. The van der Waals surface area contributed by atoms with Crippen LogP contribution in [0.2, 0.25) is 0 Å². The summed E-state index contributed by atoms with van der Waals surface area (Å²) in [4.78, 5) is 5.64. The zero-order valence-electron chi connectivity index (χ0n) is 15.9. The van der Waals surface area contributed by atoms with E-state index in [2.05, 4.69) is 64.2 Å². The fourth-order valence-corrected chi connectivity index (χ4v) is 3.58. The zero-order chi connectivity index (χ0) is 19.1. The minimum Gasteiger partial charge on any atom is -0.352 e. The molecule has 0 saturated heterocycles. The summed E-state index contributed by atoms with van der Waals surface area (Å²) >= 11 is 1.77. The average molecular weight is 380 g/mol. The van der Waals surface area contributed by atoms with Gasteiger partial charge in [0.1, 0.15) is 0 Å². The molecule has 5 nitrogen and oxygen atoms in total. The predicted octanol–water partition coefficient (Wildman–Crippen LogP) is 3.77. The van der Waals surface area contributed by atoms with Crippen LogP contribution >= 0.6 is 11.8 Å². The Kier molecular flexibility index (Phi) is 6.54. The number of hydrogen-bond donors (Lipinski definition) is 2. The van der Waals surface area contributed by atoms with Crippen molar-refractivity contribution in [3.05, 3.63) is 77.6 Å². The van der Waals surface area contributed by atoms with Gasteiger partial charge in [-0.2, -0.15) is 5.10 Å². The summed E-state index contributed by atoms with van der Waals surface area (Å²) in [6.45, 7) is 3.52. The van der Waals surface area contributed by atoms with E-state index in [-0.39, 0.29) is 0 Å². The maximum absolute atomic E-state index is 4.35. The Balaban J connectivity index is 1.64. The molecular weight excluding hydrogens is 354 g/mol. The molecule has 0 fully saturated rings.